The van der Waals surface area contributed by atoms with Gasteiger partial charge in [0.25, 0.3) is 0 Å². The summed E-state index contributed by atoms with van der Waals surface area (Å²) >= 11 is 2.93. The number of thioether (sulfide) groups is 1. The lowest BCUT2D eigenvalue weighted by atomic mass is 10.2. The summed E-state index contributed by atoms with van der Waals surface area (Å²) in [5, 5.41) is 9.82. The Morgan fingerprint density at radius 3 is 2.71 bits per heavy atom. The van der Waals surface area contributed by atoms with Crippen LogP contribution in [0.1, 0.15) is 17.5 Å². The van der Waals surface area contributed by atoms with Crippen molar-refractivity contribution in [2.45, 2.75) is 41.8 Å². The number of nitrogens with zero attached hydrogens (tertiary/aromatic N) is 2. The Bertz CT molecular complexity index is 1080. The summed E-state index contributed by atoms with van der Waals surface area (Å²) < 4.78 is 6.54. The van der Waals surface area contributed by atoms with Crippen LogP contribution in [0.15, 0.2) is 62.2 Å². The number of anilines is 1. The molecule has 3 rings (SSSR count). The van der Waals surface area contributed by atoms with Crippen LogP contribution in [0.4, 0.5) is 5.69 Å². The number of amides is 1. The first kappa shape index (κ1) is 23.2. The number of methoxy groups -OCH3 is 1. The average Bonchev–Trinajstić information content (AvgIpc) is 3.10. The SMILES string of the molecule is COCCCn1c(SCC(=O)Nc2ccc(Sc3cc(C)ccc3C)cc2)n[nH]c1=O. The summed E-state index contributed by atoms with van der Waals surface area (Å²) in [4.78, 5) is 26.5. The first-order valence-electron chi connectivity index (χ1n) is 9.88. The molecule has 1 aromatic heterocycles. The first-order chi connectivity index (χ1) is 15.0. The predicted octanol–water partition coefficient (Wildman–Crippen LogP) is 4.11. The second-order valence-corrected chi connectivity index (χ2v) is 9.10. The summed E-state index contributed by atoms with van der Waals surface area (Å²) in [6.07, 6.45) is 0.697. The van der Waals surface area contributed by atoms with Gasteiger partial charge in [0, 0.05) is 35.7 Å². The molecule has 7 nitrogen and oxygen atoms in total. The highest BCUT2D eigenvalue weighted by molar-refractivity contribution is 7.99. The number of aromatic nitrogens is 3. The minimum absolute atomic E-state index is 0.154. The summed E-state index contributed by atoms with van der Waals surface area (Å²) in [5.41, 5.74) is 2.92. The summed E-state index contributed by atoms with van der Waals surface area (Å²) in [6, 6.07) is 14.2. The number of carbonyl (C=O) groups is 1. The number of ether oxygens (including phenoxy) is 1. The summed E-state index contributed by atoms with van der Waals surface area (Å²) in [6.45, 7) is 5.24. The van der Waals surface area contributed by atoms with Crippen LogP contribution in [-0.4, -0.2) is 40.1 Å². The zero-order valence-electron chi connectivity index (χ0n) is 17.8. The second-order valence-electron chi connectivity index (χ2n) is 7.04. The molecule has 0 bridgehead atoms. The van der Waals surface area contributed by atoms with Crippen molar-refractivity contribution >= 4 is 35.1 Å². The Kier molecular flexibility index (Phi) is 8.39. The zero-order chi connectivity index (χ0) is 22.2. The maximum Gasteiger partial charge on any atom is 0.343 e. The number of carbonyl (C=O) groups excluding carboxylic acids is 1. The fourth-order valence-electron chi connectivity index (χ4n) is 2.86. The third kappa shape index (κ3) is 6.75. The molecule has 9 heteroatoms. The van der Waals surface area contributed by atoms with E-state index in [0.29, 0.717) is 24.7 Å². The van der Waals surface area contributed by atoms with Crippen molar-refractivity contribution in [3.8, 4) is 0 Å². The molecule has 0 radical (unpaired) electrons. The van der Waals surface area contributed by atoms with Crippen LogP contribution >= 0.6 is 23.5 Å². The van der Waals surface area contributed by atoms with Gasteiger partial charge in [0.15, 0.2) is 5.16 Å². The Morgan fingerprint density at radius 1 is 1.19 bits per heavy atom. The van der Waals surface area contributed by atoms with Crippen LogP contribution in [0.5, 0.6) is 0 Å². The van der Waals surface area contributed by atoms with E-state index in [2.05, 4.69) is 47.6 Å². The molecule has 0 saturated carbocycles. The van der Waals surface area contributed by atoms with Crippen molar-refractivity contribution in [3.63, 3.8) is 0 Å². The van der Waals surface area contributed by atoms with Crippen LogP contribution in [0.25, 0.3) is 0 Å². The average molecular weight is 459 g/mol. The number of hydrogen-bond donors (Lipinski definition) is 2. The van der Waals surface area contributed by atoms with Gasteiger partial charge < -0.3 is 10.1 Å². The van der Waals surface area contributed by atoms with Gasteiger partial charge in [-0.1, -0.05) is 35.7 Å². The summed E-state index contributed by atoms with van der Waals surface area (Å²) in [5.74, 6) is 0.00641. The Morgan fingerprint density at radius 2 is 1.97 bits per heavy atom. The normalized spacial score (nSPS) is 10.9. The number of rotatable bonds is 10. The molecular weight excluding hydrogens is 432 g/mol. The zero-order valence-corrected chi connectivity index (χ0v) is 19.4. The number of benzene rings is 2. The van der Waals surface area contributed by atoms with Crippen LogP contribution in [0.3, 0.4) is 0 Å². The number of H-pyrrole nitrogens is 1. The van der Waals surface area contributed by atoms with Crippen molar-refractivity contribution < 1.29 is 9.53 Å². The molecule has 0 aliphatic rings. The molecule has 3 aromatic rings. The molecular formula is C22H26N4O3S2. The Labute approximate surface area is 190 Å². The smallest absolute Gasteiger partial charge is 0.343 e. The van der Waals surface area contributed by atoms with Gasteiger partial charge in [0.1, 0.15) is 0 Å². The van der Waals surface area contributed by atoms with E-state index >= 15 is 0 Å². The molecule has 2 aromatic carbocycles. The molecule has 0 atom stereocenters. The number of aryl methyl sites for hydroxylation is 2. The van der Waals surface area contributed by atoms with Gasteiger partial charge in [0.05, 0.1) is 5.75 Å². The third-order valence-electron chi connectivity index (χ3n) is 4.50. The van der Waals surface area contributed by atoms with Gasteiger partial charge in [-0.25, -0.2) is 9.89 Å². The van der Waals surface area contributed by atoms with E-state index in [1.807, 2.05) is 24.3 Å². The Balaban J connectivity index is 1.53. The minimum Gasteiger partial charge on any atom is -0.385 e. The number of aromatic amines is 1. The highest BCUT2D eigenvalue weighted by Crippen LogP contribution is 2.31. The standard InChI is InChI=1S/C22H26N4O3S2/c1-15-5-6-16(2)19(13-15)31-18-9-7-17(8-10-18)23-20(27)14-30-22-25-24-21(28)26(22)11-4-12-29-3/h5-10,13H,4,11-12,14H2,1-3H3,(H,23,27)(H,24,28). The molecule has 1 amide bonds. The van der Waals surface area contributed by atoms with E-state index in [4.69, 9.17) is 4.74 Å². The molecule has 1 heterocycles. The lowest BCUT2D eigenvalue weighted by molar-refractivity contribution is -0.113. The number of nitrogens with one attached hydrogen (secondary N) is 2. The van der Waals surface area contributed by atoms with Crippen molar-refractivity contribution in [3.05, 3.63) is 64.1 Å². The molecule has 0 saturated heterocycles. The maximum absolute atomic E-state index is 12.3. The van der Waals surface area contributed by atoms with E-state index < -0.39 is 0 Å². The van der Waals surface area contributed by atoms with Crippen molar-refractivity contribution in [2.75, 3.05) is 24.8 Å². The number of hydrogen-bond acceptors (Lipinski definition) is 6. The van der Waals surface area contributed by atoms with Gasteiger partial charge in [-0.15, -0.1) is 5.10 Å². The molecule has 0 unspecified atom stereocenters. The van der Waals surface area contributed by atoms with Crippen LogP contribution in [0, 0.1) is 13.8 Å². The predicted molar refractivity (Wildman–Crippen MR) is 125 cm³/mol. The van der Waals surface area contributed by atoms with E-state index in [1.54, 1.807) is 18.9 Å². The second kappa shape index (κ2) is 11.2. The molecule has 164 valence electrons. The lowest BCUT2D eigenvalue weighted by Crippen LogP contribution is -2.19. The van der Waals surface area contributed by atoms with Gasteiger partial charge in [0.2, 0.25) is 5.91 Å². The fourth-order valence-corrected chi connectivity index (χ4v) is 4.63. The van der Waals surface area contributed by atoms with Crippen molar-refractivity contribution in [2.24, 2.45) is 0 Å². The minimum atomic E-state index is -0.282. The lowest BCUT2D eigenvalue weighted by Gasteiger charge is -2.09. The van der Waals surface area contributed by atoms with Crippen molar-refractivity contribution in [1.82, 2.24) is 14.8 Å². The van der Waals surface area contributed by atoms with Crippen LogP contribution < -0.4 is 11.0 Å². The monoisotopic (exact) mass is 458 g/mol. The third-order valence-corrected chi connectivity index (χ3v) is 6.64. The first-order valence-corrected chi connectivity index (χ1v) is 11.7. The maximum atomic E-state index is 12.3. The van der Waals surface area contributed by atoms with Gasteiger partial charge >= 0.3 is 5.69 Å². The van der Waals surface area contributed by atoms with Gasteiger partial charge in [-0.2, -0.15) is 0 Å². The molecule has 0 fully saturated rings. The van der Waals surface area contributed by atoms with E-state index in [0.717, 1.165) is 10.6 Å². The topological polar surface area (TPSA) is 89.0 Å². The molecule has 31 heavy (non-hydrogen) atoms. The van der Waals surface area contributed by atoms with E-state index in [9.17, 15) is 9.59 Å². The van der Waals surface area contributed by atoms with E-state index in [1.165, 1.54) is 32.4 Å². The van der Waals surface area contributed by atoms with Crippen molar-refractivity contribution in [1.29, 1.82) is 0 Å². The van der Waals surface area contributed by atoms with Crippen LogP contribution in [-0.2, 0) is 16.1 Å². The molecule has 2 N–H and O–H groups in total. The molecule has 0 aliphatic heterocycles. The highest BCUT2D eigenvalue weighted by Gasteiger charge is 2.12. The van der Waals surface area contributed by atoms with Crippen LogP contribution in [0.2, 0.25) is 0 Å². The summed E-state index contributed by atoms with van der Waals surface area (Å²) in [7, 11) is 1.62. The Hall–Kier alpha value is -2.49. The highest BCUT2D eigenvalue weighted by atomic mass is 32.2. The van der Waals surface area contributed by atoms with Gasteiger partial charge in [-0.05, 0) is 61.7 Å². The quantitative estimate of drug-likeness (QED) is 0.351. The van der Waals surface area contributed by atoms with E-state index in [-0.39, 0.29) is 17.3 Å². The largest absolute Gasteiger partial charge is 0.385 e. The van der Waals surface area contributed by atoms with Gasteiger partial charge in [-0.3, -0.25) is 9.36 Å². The molecule has 0 spiro atoms. The fraction of sp³-hybridized carbons (Fsp3) is 0.318. The molecule has 0 aliphatic carbocycles.